The van der Waals surface area contributed by atoms with Crippen molar-refractivity contribution in [2.75, 3.05) is 13.1 Å². The van der Waals surface area contributed by atoms with E-state index in [-0.39, 0.29) is 23.9 Å². The number of amides is 2. The van der Waals surface area contributed by atoms with E-state index >= 15 is 0 Å². The first kappa shape index (κ1) is 24.0. The third kappa shape index (κ3) is 4.36. The highest BCUT2D eigenvalue weighted by atomic mass is 16.2. The van der Waals surface area contributed by atoms with E-state index in [0.717, 1.165) is 96.5 Å². The Hall–Kier alpha value is -4.12. The molecule has 198 valence electrons. The normalized spacial score (nSPS) is 21.4. The smallest absolute Gasteiger partial charge is 0.226 e. The van der Waals surface area contributed by atoms with Crippen molar-refractivity contribution in [3.05, 3.63) is 59.2 Å². The summed E-state index contributed by atoms with van der Waals surface area (Å²) in [6, 6.07) is 12.1. The van der Waals surface area contributed by atoms with Gasteiger partial charge in [-0.25, -0.2) is 9.97 Å². The number of aromatic nitrogens is 4. The lowest BCUT2D eigenvalue weighted by Gasteiger charge is -2.32. The first-order valence-corrected chi connectivity index (χ1v) is 14.1. The second kappa shape index (κ2) is 9.57. The number of benzene rings is 2. The molecular formula is C31H32N6O2. The maximum atomic E-state index is 12.9. The van der Waals surface area contributed by atoms with E-state index in [1.165, 1.54) is 6.42 Å². The lowest BCUT2D eigenvalue weighted by molar-refractivity contribution is -0.139. The van der Waals surface area contributed by atoms with Gasteiger partial charge in [0.15, 0.2) is 0 Å². The second-order valence-electron chi connectivity index (χ2n) is 11.1. The van der Waals surface area contributed by atoms with E-state index in [0.29, 0.717) is 5.91 Å². The fourth-order valence-corrected chi connectivity index (χ4v) is 6.30. The van der Waals surface area contributed by atoms with Crippen molar-refractivity contribution >= 4 is 33.9 Å². The van der Waals surface area contributed by atoms with Gasteiger partial charge in [-0.1, -0.05) is 18.3 Å². The number of hydrogen-bond donors (Lipinski definition) is 2. The Morgan fingerprint density at radius 3 is 2.13 bits per heavy atom. The number of fused-ring (bicyclic) bond motifs is 2. The van der Waals surface area contributed by atoms with Crippen molar-refractivity contribution in [1.82, 2.24) is 29.7 Å². The van der Waals surface area contributed by atoms with Crippen LogP contribution >= 0.6 is 0 Å². The SMILES string of the molecule is CC(=O)N1CCC[C@H]1c1nc2ccc(C#Cc3ccc4[nH]c([C@@H]5CCCN5C(=O)C5CCC5)nc4c3)cc2[nH]1. The van der Waals surface area contributed by atoms with Crippen LogP contribution in [0.5, 0.6) is 0 Å². The van der Waals surface area contributed by atoms with Gasteiger partial charge in [-0.2, -0.15) is 0 Å². The highest BCUT2D eigenvalue weighted by molar-refractivity contribution is 5.81. The summed E-state index contributed by atoms with van der Waals surface area (Å²) in [6.45, 7) is 3.23. The summed E-state index contributed by atoms with van der Waals surface area (Å²) in [6.07, 6.45) is 7.12. The number of imidazole rings is 2. The largest absolute Gasteiger partial charge is 0.340 e. The van der Waals surface area contributed by atoms with E-state index in [1.807, 2.05) is 46.2 Å². The minimum atomic E-state index is 0.0162. The molecule has 2 aliphatic heterocycles. The number of H-pyrrole nitrogens is 2. The van der Waals surface area contributed by atoms with Crippen LogP contribution in [-0.4, -0.2) is 54.6 Å². The number of carbonyl (C=O) groups is 2. The number of rotatable bonds is 3. The van der Waals surface area contributed by atoms with Crippen molar-refractivity contribution in [1.29, 1.82) is 0 Å². The minimum Gasteiger partial charge on any atom is -0.340 e. The Kier molecular flexibility index (Phi) is 5.88. The first-order chi connectivity index (χ1) is 19.0. The molecule has 39 heavy (non-hydrogen) atoms. The molecule has 2 amide bonds. The fourth-order valence-electron chi connectivity index (χ4n) is 6.30. The Bertz CT molecular complexity index is 1650. The maximum Gasteiger partial charge on any atom is 0.226 e. The third-order valence-electron chi connectivity index (χ3n) is 8.63. The molecule has 8 heteroatoms. The summed E-state index contributed by atoms with van der Waals surface area (Å²) >= 11 is 0. The van der Waals surface area contributed by atoms with Crippen molar-refractivity contribution in [3.8, 4) is 11.8 Å². The average molecular weight is 521 g/mol. The molecular weight excluding hydrogens is 488 g/mol. The van der Waals surface area contributed by atoms with Crippen LogP contribution in [0.1, 0.15) is 86.7 Å². The molecule has 2 atom stereocenters. The summed E-state index contributed by atoms with van der Waals surface area (Å²) in [4.78, 5) is 45.4. The van der Waals surface area contributed by atoms with Gasteiger partial charge in [0.05, 0.1) is 34.2 Å². The zero-order chi connectivity index (χ0) is 26.5. The van der Waals surface area contributed by atoms with E-state index < -0.39 is 0 Å². The van der Waals surface area contributed by atoms with Crippen LogP contribution in [0.4, 0.5) is 0 Å². The lowest BCUT2D eigenvalue weighted by atomic mass is 9.84. The quantitative estimate of drug-likeness (QED) is 0.372. The molecule has 0 unspecified atom stereocenters. The van der Waals surface area contributed by atoms with E-state index in [1.54, 1.807) is 6.92 Å². The summed E-state index contributed by atoms with van der Waals surface area (Å²) < 4.78 is 0. The maximum absolute atomic E-state index is 12.9. The van der Waals surface area contributed by atoms with Gasteiger partial charge in [0, 0.05) is 37.1 Å². The number of hydrogen-bond acceptors (Lipinski definition) is 4. The zero-order valence-electron chi connectivity index (χ0n) is 22.2. The van der Waals surface area contributed by atoms with Crippen LogP contribution in [0.2, 0.25) is 0 Å². The Morgan fingerprint density at radius 2 is 1.41 bits per heavy atom. The standard InChI is InChI=1S/C31H32N6O2/c1-19(38)36-15-3-7-27(36)29-32-23-13-11-20(17-25(23)34-29)9-10-21-12-14-24-26(18-21)35-30(33-24)28-8-4-16-37(28)31(39)22-5-2-6-22/h11-14,17-18,22,27-28H,2-8,15-16H2,1H3,(H,32,34)(H,33,35)/t27-,28-/m0/s1. The third-order valence-corrected chi connectivity index (χ3v) is 8.63. The van der Waals surface area contributed by atoms with E-state index in [4.69, 9.17) is 9.97 Å². The Balaban J connectivity index is 1.11. The van der Waals surface area contributed by atoms with Crippen LogP contribution in [-0.2, 0) is 9.59 Å². The summed E-state index contributed by atoms with van der Waals surface area (Å²) in [5, 5.41) is 0. The predicted octanol–water partition coefficient (Wildman–Crippen LogP) is 4.99. The van der Waals surface area contributed by atoms with Gasteiger partial charge in [-0.3, -0.25) is 9.59 Å². The molecule has 3 fully saturated rings. The van der Waals surface area contributed by atoms with Crippen molar-refractivity contribution in [3.63, 3.8) is 0 Å². The topological polar surface area (TPSA) is 98.0 Å². The molecule has 2 saturated heterocycles. The Morgan fingerprint density at radius 1 is 0.769 bits per heavy atom. The molecule has 2 aromatic heterocycles. The molecule has 3 aliphatic rings. The summed E-state index contributed by atoms with van der Waals surface area (Å²) in [5.41, 5.74) is 5.44. The van der Waals surface area contributed by atoms with Crippen LogP contribution in [0.25, 0.3) is 22.1 Å². The molecule has 0 radical (unpaired) electrons. The van der Waals surface area contributed by atoms with Gasteiger partial charge in [0.25, 0.3) is 0 Å². The van der Waals surface area contributed by atoms with Crippen molar-refractivity contribution < 1.29 is 9.59 Å². The van der Waals surface area contributed by atoms with Gasteiger partial charge in [-0.15, -0.1) is 0 Å². The number of carbonyl (C=O) groups excluding carboxylic acids is 2. The summed E-state index contributed by atoms with van der Waals surface area (Å²) in [7, 11) is 0. The second-order valence-corrected chi connectivity index (χ2v) is 11.1. The zero-order valence-corrected chi connectivity index (χ0v) is 22.2. The van der Waals surface area contributed by atoms with E-state index in [9.17, 15) is 9.59 Å². The molecule has 1 aliphatic carbocycles. The van der Waals surface area contributed by atoms with E-state index in [2.05, 4.69) is 21.8 Å². The molecule has 4 heterocycles. The minimum absolute atomic E-state index is 0.0162. The van der Waals surface area contributed by atoms with Crippen LogP contribution in [0, 0.1) is 17.8 Å². The van der Waals surface area contributed by atoms with Crippen LogP contribution in [0.3, 0.4) is 0 Å². The van der Waals surface area contributed by atoms with Crippen molar-refractivity contribution in [2.45, 2.75) is 64.0 Å². The van der Waals surface area contributed by atoms with Crippen LogP contribution in [0.15, 0.2) is 36.4 Å². The molecule has 0 bridgehead atoms. The molecule has 0 spiro atoms. The van der Waals surface area contributed by atoms with Gasteiger partial charge in [0.2, 0.25) is 11.8 Å². The monoisotopic (exact) mass is 520 g/mol. The highest BCUT2D eigenvalue weighted by Gasteiger charge is 2.37. The molecule has 7 rings (SSSR count). The van der Waals surface area contributed by atoms with Crippen molar-refractivity contribution in [2.24, 2.45) is 5.92 Å². The molecule has 8 nitrogen and oxygen atoms in total. The number of nitrogens with zero attached hydrogens (tertiary/aromatic N) is 4. The molecule has 4 aromatic rings. The molecule has 2 N–H and O–H groups in total. The molecule has 1 saturated carbocycles. The number of nitrogens with one attached hydrogen (secondary N) is 2. The summed E-state index contributed by atoms with van der Waals surface area (Å²) in [5.74, 6) is 8.89. The van der Waals surface area contributed by atoms with Gasteiger partial charge in [0.1, 0.15) is 11.6 Å². The number of aromatic amines is 2. The first-order valence-electron chi connectivity index (χ1n) is 14.1. The Labute approximate surface area is 227 Å². The average Bonchev–Trinajstić information content (AvgIpc) is 3.69. The lowest BCUT2D eigenvalue weighted by Crippen LogP contribution is -2.38. The van der Waals surface area contributed by atoms with Gasteiger partial charge < -0.3 is 19.8 Å². The van der Waals surface area contributed by atoms with Gasteiger partial charge >= 0.3 is 0 Å². The number of likely N-dealkylation sites (tertiary alicyclic amines) is 2. The predicted molar refractivity (Wildman–Crippen MR) is 149 cm³/mol. The van der Waals surface area contributed by atoms with Crippen LogP contribution < -0.4 is 0 Å². The van der Waals surface area contributed by atoms with Gasteiger partial charge in [-0.05, 0) is 74.9 Å². The fraction of sp³-hybridized carbons (Fsp3) is 0.419. The molecule has 2 aromatic carbocycles. The highest BCUT2D eigenvalue weighted by Crippen LogP contribution is 2.37.